The molecule has 0 radical (unpaired) electrons. The summed E-state index contributed by atoms with van der Waals surface area (Å²) in [5.41, 5.74) is 0. The number of carbonyl (C=O) groups excluding carboxylic acids is 1. The first-order chi connectivity index (χ1) is 9.80. The molecule has 0 aliphatic rings. The van der Waals surface area contributed by atoms with Gasteiger partial charge in [0, 0.05) is 30.4 Å². The largest absolute Gasteiger partial charge is 0.356 e. The third kappa shape index (κ3) is 7.06. The molecule has 1 rings (SSSR count). The van der Waals surface area contributed by atoms with Gasteiger partial charge in [0.05, 0.1) is 6.26 Å². The number of nitrogens with zero attached hydrogens (tertiary/aromatic N) is 1. The molecule has 1 aromatic rings. The van der Waals surface area contributed by atoms with Gasteiger partial charge >= 0.3 is 0 Å². The second-order valence-corrected chi connectivity index (χ2v) is 8.22. The van der Waals surface area contributed by atoms with Gasteiger partial charge in [-0.15, -0.1) is 11.3 Å². The normalized spacial score (nSPS) is 12.0. The summed E-state index contributed by atoms with van der Waals surface area (Å²) in [4.78, 5) is 12.9. The maximum Gasteiger partial charge on any atom is 0.220 e. The Hall–Kier alpha value is -0.920. The first kappa shape index (κ1) is 18.1. The van der Waals surface area contributed by atoms with Gasteiger partial charge in [0.2, 0.25) is 15.9 Å². The summed E-state index contributed by atoms with van der Waals surface area (Å²) < 4.78 is 24.6. The first-order valence-electron chi connectivity index (χ1n) is 7.06. The van der Waals surface area contributed by atoms with Crippen LogP contribution in [0, 0.1) is 0 Å². The lowest BCUT2D eigenvalue weighted by molar-refractivity contribution is -0.121. The van der Waals surface area contributed by atoms with Gasteiger partial charge in [-0.1, -0.05) is 6.07 Å². The maximum atomic E-state index is 11.7. The van der Waals surface area contributed by atoms with Gasteiger partial charge in [0.25, 0.3) is 0 Å². The Morgan fingerprint density at radius 3 is 2.67 bits per heavy atom. The summed E-state index contributed by atoms with van der Waals surface area (Å²) in [5.74, 6) is 0.0128. The highest BCUT2D eigenvalue weighted by Gasteiger charge is 2.19. The Kier molecular flexibility index (Phi) is 7.34. The van der Waals surface area contributed by atoms with Crippen molar-refractivity contribution in [1.29, 1.82) is 0 Å². The van der Waals surface area contributed by atoms with E-state index in [-0.39, 0.29) is 11.9 Å². The molecule has 0 aliphatic heterocycles. The zero-order chi connectivity index (χ0) is 15.9. The molecule has 0 saturated heterocycles. The molecular formula is C14H24N2O3S2. The van der Waals surface area contributed by atoms with Crippen LogP contribution in [0.5, 0.6) is 0 Å². The summed E-state index contributed by atoms with van der Waals surface area (Å²) in [6.45, 7) is 4.63. The standard InChI is InChI=1S/C14H24N2O3S2/c1-12(2)16(21(3,18)19)10-5-9-15-14(17)8-7-13-6-4-11-20-13/h4,6,11-12H,5,7-10H2,1-3H3,(H,15,17). The van der Waals surface area contributed by atoms with Crippen LogP contribution in [0.4, 0.5) is 0 Å². The van der Waals surface area contributed by atoms with Gasteiger partial charge in [0.15, 0.2) is 0 Å². The second-order valence-electron chi connectivity index (χ2n) is 5.25. The van der Waals surface area contributed by atoms with E-state index < -0.39 is 10.0 Å². The molecule has 0 fully saturated rings. The van der Waals surface area contributed by atoms with Gasteiger partial charge in [-0.2, -0.15) is 4.31 Å². The van der Waals surface area contributed by atoms with Gasteiger partial charge in [-0.05, 0) is 38.1 Å². The van der Waals surface area contributed by atoms with Crippen LogP contribution < -0.4 is 5.32 Å². The van der Waals surface area contributed by atoms with E-state index in [2.05, 4.69) is 5.32 Å². The predicted octanol–water partition coefficient (Wildman–Crippen LogP) is 1.86. The van der Waals surface area contributed by atoms with E-state index in [0.29, 0.717) is 25.9 Å². The molecule has 5 nitrogen and oxygen atoms in total. The van der Waals surface area contributed by atoms with Crippen molar-refractivity contribution in [2.45, 2.75) is 39.2 Å². The highest BCUT2D eigenvalue weighted by atomic mass is 32.2. The maximum absolute atomic E-state index is 11.7. The Morgan fingerprint density at radius 1 is 1.43 bits per heavy atom. The molecule has 0 atom stereocenters. The zero-order valence-corrected chi connectivity index (χ0v) is 14.5. The molecule has 0 unspecified atom stereocenters. The van der Waals surface area contributed by atoms with Crippen molar-refractivity contribution in [3.63, 3.8) is 0 Å². The van der Waals surface area contributed by atoms with Crippen LogP contribution in [0.25, 0.3) is 0 Å². The van der Waals surface area contributed by atoms with E-state index >= 15 is 0 Å². The molecule has 7 heteroatoms. The lowest BCUT2D eigenvalue weighted by Crippen LogP contribution is -2.38. The van der Waals surface area contributed by atoms with E-state index in [1.54, 1.807) is 11.3 Å². The lowest BCUT2D eigenvalue weighted by Gasteiger charge is -2.23. The quantitative estimate of drug-likeness (QED) is 0.702. The van der Waals surface area contributed by atoms with Gasteiger partial charge < -0.3 is 5.32 Å². The molecule has 0 bridgehead atoms. The van der Waals surface area contributed by atoms with Crippen molar-refractivity contribution in [3.05, 3.63) is 22.4 Å². The van der Waals surface area contributed by atoms with Crippen molar-refractivity contribution in [3.8, 4) is 0 Å². The van der Waals surface area contributed by atoms with Crippen LogP contribution in [0.15, 0.2) is 17.5 Å². The average Bonchev–Trinajstić information content (AvgIpc) is 2.87. The summed E-state index contributed by atoms with van der Waals surface area (Å²) >= 11 is 1.65. The topological polar surface area (TPSA) is 66.5 Å². The van der Waals surface area contributed by atoms with Crippen molar-refractivity contribution in [2.24, 2.45) is 0 Å². The molecule has 0 aromatic carbocycles. The molecule has 120 valence electrons. The van der Waals surface area contributed by atoms with Gasteiger partial charge in [0.1, 0.15) is 0 Å². The monoisotopic (exact) mass is 332 g/mol. The Morgan fingerprint density at radius 2 is 2.14 bits per heavy atom. The predicted molar refractivity (Wildman–Crippen MR) is 87.0 cm³/mol. The van der Waals surface area contributed by atoms with Crippen molar-refractivity contribution in [1.82, 2.24) is 9.62 Å². The Bertz CT molecular complexity index is 524. The third-order valence-electron chi connectivity index (χ3n) is 3.06. The van der Waals surface area contributed by atoms with Gasteiger partial charge in [-0.25, -0.2) is 8.42 Å². The molecule has 1 amide bonds. The SMILES string of the molecule is CC(C)N(CCCNC(=O)CCc1cccs1)S(C)(=O)=O. The van der Waals surface area contributed by atoms with Crippen LogP contribution >= 0.6 is 11.3 Å². The summed E-state index contributed by atoms with van der Waals surface area (Å²) in [7, 11) is -3.18. The summed E-state index contributed by atoms with van der Waals surface area (Å²) in [5, 5.41) is 4.83. The van der Waals surface area contributed by atoms with Crippen LogP contribution in [0.3, 0.4) is 0 Å². The first-order valence-corrected chi connectivity index (χ1v) is 9.79. The van der Waals surface area contributed by atoms with E-state index in [1.165, 1.54) is 15.4 Å². The van der Waals surface area contributed by atoms with Crippen molar-refractivity contribution in [2.75, 3.05) is 19.3 Å². The Balaban J connectivity index is 2.22. The van der Waals surface area contributed by atoms with Crippen molar-refractivity contribution < 1.29 is 13.2 Å². The molecule has 1 aromatic heterocycles. The van der Waals surface area contributed by atoms with Crippen molar-refractivity contribution >= 4 is 27.3 Å². The summed E-state index contributed by atoms with van der Waals surface area (Å²) in [6.07, 6.45) is 3.06. The minimum absolute atomic E-state index is 0.0128. The molecule has 0 aliphatic carbocycles. The zero-order valence-electron chi connectivity index (χ0n) is 12.8. The fourth-order valence-corrected chi connectivity index (χ4v) is 3.99. The van der Waals surface area contributed by atoms with E-state index in [0.717, 1.165) is 6.42 Å². The lowest BCUT2D eigenvalue weighted by atomic mass is 10.2. The number of amides is 1. The van der Waals surface area contributed by atoms with E-state index in [9.17, 15) is 13.2 Å². The number of sulfonamides is 1. The highest BCUT2D eigenvalue weighted by molar-refractivity contribution is 7.88. The van der Waals surface area contributed by atoms with E-state index in [4.69, 9.17) is 0 Å². The minimum Gasteiger partial charge on any atom is -0.356 e. The fourth-order valence-electron chi connectivity index (χ4n) is 2.05. The van der Waals surface area contributed by atoms with E-state index in [1.807, 2.05) is 31.4 Å². The van der Waals surface area contributed by atoms with Crippen LogP contribution in [-0.4, -0.2) is 44.0 Å². The smallest absolute Gasteiger partial charge is 0.220 e. The minimum atomic E-state index is -3.18. The van der Waals surface area contributed by atoms with Gasteiger partial charge in [-0.3, -0.25) is 4.79 Å². The third-order valence-corrected chi connectivity index (χ3v) is 5.45. The number of thiophene rings is 1. The molecule has 1 heterocycles. The number of aryl methyl sites for hydroxylation is 1. The number of carbonyl (C=O) groups is 1. The van der Waals surface area contributed by atoms with Crippen LogP contribution in [0.1, 0.15) is 31.6 Å². The average molecular weight is 332 g/mol. The molecule has 21 heavy (non-hydrogen) atoms. The molecule has 0 spiro atoms. The number of rotatable bonds is 9. The molecular weight excluding hydrogens is 308 g/mol. The highest BCUT2D eigenvalue weighted by Crippen LogP contribution is 2.10. The number of hydrogen-bond acceptors (Lipinski definition) is 4. The number of nitrogens with one attached hydrogen (secondary N) is 1. The second kappa shape index (κ2) is 8.51. The van der Waals surface area contributed by atoms with Crippen LogP contribution in [0.2, 0.25) is 0 Å². The van der Waals surface area contributed by atoms with Crippen LogP contribution in [-0.2, 0) is 21.2 Å². The Labute approximate surface area is 131 Å². The number of hydrogen-bond donors (Lipinski definition) is 1. The molecule has 1 N–H and O–H groups in total. The fraction of sp³-hybridized carbons (Fsp3) is 0.643. The summed E-state index contributed by atoms with van der Waals surface area (Å²) in [6, 6.07) is 3.93. The molecule has 0 saturated carbocycles.